The molecule has 4 N–H and O–H groups in total. The number of nitrogens with one attached hydrogen (secondary N) is 1. The zero-order valence-corrected chi connectivity index (χ0v) is 33.5. The Labute approximate surface area is 331 Å². The smallest absolute Gasteiger partial charge is 0.408 e. The predicted molar refractivity (Wildman–Crippen MR) is 202 cm³/mol. The summed E-state index contributed by atoms with van der Waals surface area (Å²) in [6.07, 6.45) is -7.20. The summed E-state index contributed by atoms with van der Waals surface area (Å²) >= 11 is 0. The summed E-state index contributed by atoms with van der Waals surface area (Å²) in [4.78, 5) is 68.7. The highest BCUT2D eigenvalue weighted by Gasteiger charge is 2.77. The first-order valence-electron chi connectivity index (χ1n) is 19.2. The van der Waals surface area contributed by atoms with Crippen molar-refractivity contribution >= 4 is 29.8 Å². The number of alkyl carbamates (subject to hydrolysis) is 1. The maximum absolute atomic E-state index is 14.8. The number of amides is 1. The van der Waals surface area contributed by atoms with Crippen molar-refractivity contribution in [2.45, 2.75) is 122 Å². The number of hydrogen-bond acceptors (Lipinski definition) is 13. The summed E-state index contributed by atoms with van der Waals surface area (Å²) in [7, 11) is 0. The minimum atomic E-state index is -2.18. The van der Waals surface area contributed by atoms with E-state index in [4.69, 9.17) is 23.7 Å². The second-order valence-electron chi connectivity index (χ2n) is 17.5. The molecule has 11 atom stereocenters. The van der Waals surface area contributed by atoms with Crippen LogP contribution in [0.1, 0.15) is 90.2 Å². The van der Waals surface area contributed by atoms with Gasteiger partial charge in [0.05, 0.1) is 35.6 Å². The van der Waals surface area contributed by atoms with Gasteiger partial charge in [0.1, 0.15) is 29.5 Å². The molecule has 14 nitrogen and oxygen atoms in total. The minimum Gasteiger partial charge on any atom is -0.460 e. The molecular weight excluding hydrogens is 738 g/mol. The van der Waals surface area contributed by atoms with E-state index < -0.39 is 112 Å². The molecule has 6 rings (SSSR count). The van der Waals surface area contributed by atoms with Crippen LogP contribution in [0, 0.1) is 22.7 Å². The monoisotopic (exact) mass is 791 g/mol. The SMILES string of the molecule is CC(=O)O[C@@]12CO[C@@H]1C[C@H](O)[C@@]1(C)C(=O)/C=C3/[C@@H](C)[C@@H](OC(=O)[C@H](O)[C@@H](NC(=O)OC(C)(C)C)c4ccccc4)C[C@@](O)([C@@H](OC(=O)c4ccccc4)[C@H]21)C3(C)C. The minimum absolute atomic E-state index is 0.0794. The highest BCUT2D eigenvalue weighted by atomic mass is 16.6. The van der Waals surface area contributed by atoms with Crippen LogP contribution >= 0.6 is 0 Å². The zero-order valence-electron chi connectivity index (χ0n) is 33.5. The van der Waals surface area contributed by atoms with Crippen molar-refractivity contribution < 1.29 is 63.0 Å². The topological polar surface area (TPSA) is 204 Å². The summed E-state index contributed by atoms with van der Waals surface area (Å²) in [5, 5.41) is 39.4. The van der Waals surface area contributed by atoms with Gasteiger partial charge in [-0.05, 0) is 51.5 Å². The average Bonchev–Trinajstić information content (AvgIpc) is 3.13. The summed E-state index contributed by atoms with van der Waals surface area (Å²) in [5.41, 5.74) is -7.00. The van der Waals surface area contributed by atoms with Gasteiger partial charge in [0, 0.05) is 31.1 Å². The van der Waals surface area contributed by atoms with Crippen molar-refractivity contribution in [2.75, 3.05) is 6.61 Å². The van der Waals surface area contributed by atoms with E-state index in [0.717, 1.165) is 0 Å². The molecule has 1 heterocycles. The lowest BCUT2D eigenvalue weighted by atomic mass is 9.45. The van der Waals surface area contributed by atoms with E-state index in [1.54, 1.807) is 90.1 Å². The van der Waals surface area contributed by atoms with Crippen molar-refractivity contribution in [3.05, 3.63) is 83.4 Å². The number of rotatable bonds is 8. The van der Waals surface area contributed by atoms with E-state index in [1.165, 1.54) is 32.1 Å². The number of aliphatic hydroxyl groups is 3. The third-order valence-corrected chi connectivity index (χ3v) is 12.5. The van der Waals surface area contributed by atoms with Gasteiger partial charge in [-0.15, -0.1) is 0 Å². The second kappa shape index (κ2) is 14.9. The molecule has 1 aliphatic heterocycles. The molecule has 2 aromatic carbocycles. The molecule has 14 heteroatoms. The quantitative estimate of drug-likeness (QED) is 0.220. The molecule has 2 aromatic rings. The van der Waals surface area contributed by atoms with Crippen LogP contribution in [0.3, 0.4) is 0 Å². The average molecular weight is 792 g/mol. The Bertz CT molecular complexity index is 1920. The maximum Gasteiger partial charge on any atom is 0.408 e. The Morgan fingerprint density at radius 3 is 2.14 bits per heavy atom. The van der Waals surface area contributed by atoms with Crippen LogP contribution in [0.5, 0.6) is 0 Å². The van der Waals surface area contributed by atoms with Crippen LogP contribution in [-0.2, 0) is 38.1 Å². The molecule has 308 valence electrons. The molecule has 0 spiro atoms. The first-order chi connectivity index (χ1) is 26.6. The van der Waals surface area contributed by atoms with Crippen LogP contribution < -0.4 is 5.32 Å². The lowest BCUT2D eigenvalue weighted by Crippen LogP contribution is -2.80. The Morgan fingerprint density at radius 1 is 0.965 bits per heavy atom. The fraction of sp³-hybridized carbons (Fsp3) is 0.558. The van der Waals surface area contributed by atoms with Gasteiger partial charge in [0.25, 0.3) is 0 Å². The molecule has 0 radical (unpaired) electrons. The number of benzene rings is 2. The molecule has 1 saturated heterocycles. The predicted octanol–water partition coefficient (Wildman–Crippen LogP) is 4.14. The maximum atomic E-state index is 14.8. The number of ether oxygens (including phenoxy) is 5. The number of ketones is 1. The highest BCUT2D eigenvalue weighted by Crippen LogP contribution is 2.64. The molecule has 3 aliphatic carbocycles. The van der Waals surface area contributed by atoms with Crippen LogP contribution in [-0.4, -0.2) is 99.0 Å². The Hall–Kier alpha value is -4.63. The van der Waals surface area contributed by atoms with Crippen LogP contribution in [0.2, 0.25) is 0 Å². The van der Waals surface area contributed by atoms with Gasteiger partial charge in [-0.2, -0.15) is 0 Å². The molecule has 0 unspecified atom stereocenters. The van der Waals surface area contributed by atoms with E-state index in [0.29, 0.717) is 11.1 Å². The fourth-order valence-electron chi connectivity index (χ4n) is 9.38. The van der Waals surface area contributed by atoms with Gasteiger partial charge in [-0.25, -0.2) is 14.4 Å². The first kappa shape index (κ1) is 42.0. The summed E-state index contributed by atoms with van der Waals surface area (Å²) in [6, 6.07) is 15.0. The summed E-state index contributed by atoms with van der Waals surface area (Å²) in [5.74, 6) is -5.42. The molecule has 57 heavy (non-hydrogen) atoms. The van der Waals surface area contributed by atoms with Crippen molar-refractivity contribution in [1.29, 1.82) is 0 Å². The number of fused-ring (bicyclic) bond motifs is 5. The third kappa shape index (κ3) is 7.26. The van der Waals surface area contributed by atoms with E-state index in [9.17, 15) is 39.3 Å². The summed E-state index contributed by atoms with van der Waals surface area (Å²) in [6.45, 7) is 12.6. The normalized spacial score (nSPS) is 34.8. The van der Waals surface area contributed by atoms with Crippen molar-refractivity contribution in [3.8, 4) is 0 Å². The molecule has 0 aromatic heterocycles. The molecule has 4 aliphatic rings. The first-order valence-corrected chi connectivity index (χ1v) is 19.2. The van der Waals surface area contributed by atoms with E-state index in [1.807, 2.05) is 0 Å². The second-order valence-corrected chi connectivity index (χ2v) is 17.5. The van der Waals surface area contributed by atoms with Crippen LogP contribution in [0.25, 0.3) is 0 Å². The molecule has 2 bridgehead atoms. The van der Waals surface area contributed by atoms with E-state index in [-0.39, 0.29) is 18.6 Å². The largest absolute Gasteiger partial charge is 0.460 e. The van der Waals surface area contributed by atoms with Crippen molar-refractivity contribution in [3.63, 3.8) is 0 Å². The standard InChI is InChI=1S/C43H53NO13/c1-23-27-19-29(46)41(8)30(47)20-31-42(22-53-31,56-24(2)45)34(41)35(55-36(49)26-17-13-10-14-18-26)43(52,40(27,6)7)21-28(23)54-37(50)33(48)32(25-15-11-9-12-16-25)44-38(51)57-39(3,4)5/h9-19,23,28,30-35,47-48,52H,20-22H2,1-8H3,(H,44,51)/b27-19-/t23-,28+,30+,31-,32+,33-,34+,35+,41-,42+,43-/m1/s1. The van der Waals surface area contributed by atoms with Crippen LogP contribution in [0.4, 0.5) is 4.79 Å². The van der Waals surface area contributed by atoms with Gasteiger partial charge in [-0.3, -0.25) is 9.59 Å². The van der Waals surface area contributed by atoms with Gasteiger partial charge < -0.3 is 44.3 Å². The molecule has 3 fully saturated rings. The number of hydrogen-bond donors (Lipinski definition) is 4. The summed E-state index contributed by atoms with van der Waals surface area (Å²) < 4.78 is 29.7. The molecule has 1 amide bonds. The Balaban J connectivity index is 1.45. The number of esters is 3. The number of allylic oxidation sites excluding steroid dienone is 1. The van der Waals surface area contributed by atoms with Gasteiger partial charge in [0.15, 0.2) is 17.5 Å². The number of carbonyl (C=O) groups excluding carboxylic acids is 5. The molecule has 2 saturated carbocycles. The zero-order chi connectivity index (χ0) is 41.9. The lowest BCUT2D eigenvalue weighted by molar-refractivity contribution is -0.344. The van der Waals surface area contributed by atoms with E-state index in [2.05, 4.69) is 5.32 Å². The van der Waals surface area contributed by atoms with Crippen molar-refractivity contribution in [2.24, 2.45) is 22.7 Å². The van der Waals surface area contributed by atoms with Gasteiger partial charge >= 0.3 is 24.0 Å². The molecular formula is C43H53NO13. The van der Waals surface area contributed by atoms with Gasteiger partial charge in [0.2, 0.25) is 0 Å². The third-order valence-electron chi connectivity index (χ3n) is 12.5. The van der Waals surface area contributed by atoms with E-state index >= 15 is 0 Å². The number of carbonyl (C=O) groups is 5. The Morgan fingerprint density at radius 2 is 1.58 bits per heavy atom. The van der Waals surface area contributed by atoms with Crippen LogP contribution in [0.15, 0.2) is 72.3 Å². The van der Waals surface area contributed by atoms with Gasteiger partial charge in [-0.1, -0.05) is 74.9 Å². The fourth-order valence-corrected chi connectivity index (χ4v) is 9.38. The highest BCUT2D eigenvalue weighted by molar-refractivity contribution is 5.97. The van der Waals surface area contributed by atoms with Crippen molar-refractivity contribution in [1.82, 2.24) is 5.32 Å². The lowest BCUT2D eigenvalue weighted by Gasteiger charge is -2.67. The number of aliphatic hydroxyl groups excluding tert-OH is 2. The Kier molecular flexibility index (Phi) is 11.0.